The number of likely N-dealkylation sites (tertiary alicyclic amines) is 1. The van der Waals surface area contributed by atoms with Gasteiger partial charge in [-0.3, -0.25) is 9.59 Å². The van der Waals surface area contributed by atoms with E-state index >= 15 is 0 Å². The van der Waals surface area contributed by atoms with Crippen LogP contribution in [-0.4, -0.2) is 40.5 Å². The van der Waals surface area contributed by atoms with Crippen LogP contribution in [0.4, 0.5) is 5.69 Å². The number of thioether (sulfide) groups is 1. The number of nitrogens with one attached hydrogen (secondary N) is 1. The van der Waals surface area contributed by atoms with E-state index in [1.807, 2.05) is 29.2 Å². The number of carbonyl (C=O) groups is 2. The molecular weight excluding hydrogens is 378 g/mol. The van der Waals surface area contributed by atoms with E-state index in [-0.39, 0.29) is 11.8 Å². The standard InChI is InChI=1S/C20H19N3O2S2/c24-18(13-26-20-22-16-5-1-2-6-17(16)27-20)21-15-9-7-14(8-10-15)19(25)23-11-3-4-12-23/h1-2,5-10H,3-4,11-13H2,(H,21,24). The minimum Gasteiger partial charge on any atom is -0.339 e. The molecule has 0 aliphatic carbocycles. The van der Waals surface area contributed by atoms with E-state index in [0.717, 1.165) is 40.5 Å². The third-order valence-electron chi connectivity index (χ3n) is 4.41. The largest absolute Gasteiger partial charge is 0.339 e. The Morgan fingerprint density at radius 1 is 1.07 bits per heavy atom. The predicted octanol–water partition coefficient (Wildman–Crippen LogP) is 4.26. The van der Waals surface area contributed by atoms with Crippen molar-refractivity contribution < 1.29 is 9.59 Å². The lowest BCUT2D eigenvalue weighted by atomic mass is 10.2. The van der Waals surface area contributed by atoms with Crippen LogP contribution >= 0.6 is 23.1 Å². The number of hydrogen-bond donors (Lipinski definition) is 1. The van der Waals surface area contributed by atoms with Gasteiger partial charge >= 0.3 is 0 Å². The predicted molar refractivity (Wildman–Crippen MR) is 111 cm³/mol. The highest BCUT2D eigenvalue weighted by molar-refractivity contribution is 8.01. The van der Waals surface area contributed by atoms with E-state index in [2.05, 4.69) is 10.3 Å². The summed E-state index contributed by atoms with van der Waals surface area (Å²) >= 11 is 3.03. The molecule has 0 radical (unpaired) electrons. The van der Waals surface area contributed by atoms with Crippen LogP contribution in [0.5, 0.6) is 0 Å². The number of nitrogens with zero attached hydrogens (tertiary/aromatic N) is 2. The monoisotopic (exact) mass is 397 g/mol. The Morgan fingerprint density at radius 2 is 1.81 bits per heavy atom. The van der Waals surface area contributed by atoms with E-state index in [1.54, 1.807) is 35.6 Å². The number of anilines is 1. The van der Waals surface area contributed by atoms with Gasteiger partial charge in [0.25, 0.3) is 5.91 Å². The van der Waals surface area contributed by atoms with E-state index in [4.69, 9.17) is 0 Å². The molecule has 1 fully saturated rings. The Balaban J connectivity index is 1.31. The average Bonchev–Trinajstić information content (AvgIpc) is 3.36. The number of para-hydroxylation sites is 1. The summed E-state index contributed by atoms with van der Waals surface area (Å²) in [6.07, 6.45) is 2.15. The lowest BCUT2D eigenvalue weighted by Crippen LogP contribution is -2.27. The molecule has 0 unspecified atom stereocenters. The molecule has 1 aliphatic heterocycles. The van der Waals surface area contributed by atoms with Crippen molar-refractivity contribution in [1.82, 2.24) is 9.88 Å². The fourth-order valence-corrected chi connectivity index (χ4v) is 4.90. The van der Waals surface area contributed by atoms with Gasteiger partial charge in [-0.2, -0.15) is 0 Å². The number of amides is 2. The van der Waals surface area contributed by atoms with Gasteiger partial charge in [-0.25, -0.2) is 4.98 Å². The Kier molecular flexibility index (Phi) is 5.40. The van der Waals surface area contributed by atoms with Crippen LogP contribution in [0.3, 0.4) is 0 Å². The van der Waals surface area contributed by atoms with Crippen LogP contribution in [-0.2, 0) is 4.79 Å². The van der Waals surface area contributed by atoms with E-state index in [0.29, 0.717) is 17.0 Å². The molecule has 27 heavy (non-hydrogen) atoms. The van der Waals surface area contributed by atoms with E-state index < -0.39 is 0 Å². The van der Waals surface area contributed by atoms with Crippen molar-refractivity contribution in [3.63, 3.8) is 0 Å². The highest BCUT2D eigenvalue weighted by Gasteiger charge is 2.19. The molecule has 0 atom stereocenters. The van der Waals surface area contributed by atoms with Crippen LogP contribution in [0.15, 0.2) is 52.9 Å². The van der Waals surface area contributed by atoms with E-state index in [1.165, 1.54) is 11.8 Å². The zero-order valence-corrected chi connectivity index (χ0v) is 16.3. The van der Waals surface area contributed by atoms with Gasteiger partial charge in [-0.1, -0.05) is 23.9 Å². The third-order valence-corrected chi connectivity index (χ3v) is 6.59. The van der Waals surface area contributed by atoms with Crippen molar-refractivity contribution in [2.24, 2.45) is 0 Å². The fourth-order valence-electron chi connectivity index (χ4n) is 3.04. The molecule has 4 rings (SSSR count). The maximum atomic E-state index is 12.3. The van der Waals surface area contributed by atoms with Crippen LogP contribution in [0.25, 0.3) is 10.2 Å². The van der Waals surface area contributed by atoms with Gasteiger partial charge in [-0.15, -0.1) is 11.3 Å². The minimum atomic E-state index is -0.0853. The van der Waals surface area contributed by atoms with Crippen molar-refractivity contribution in [3.05, 3.63) is 54.1 Å². The van der Waals surface area contributed by atoms with Crippen LogP contribution in [0.2, 0.25) is 0 Å². The third kappa shape index (κ3) is 4.31. The first-order chi connectivity index (χ1) is 13.2. The summed E-state index contributed by atoms with van der Waals surface area (Å²) in [5.74, 6) is 0.281. The highest BCUT2D eigenvalue weighted by atomic mass is 32.2. The smallest absolute Gasteiger partial charge is 0.253 e. The first kappa shape index (κ1) is 18.0. The summed E-state index contributed by atoms with van der Waals surface area (Å²) < 4.78 is 2.01. The second kappa shape index (κ2) is 8.10. The molecule has 5 nitrogen and oxygen atoms in total. The van der Waals surface area contributed by atoms with Crippen LogP contribution < -0.4 is 5.32 Å². The minimum absolute atomic E-state index is 0.0665. The fraction of sp³-hybridized carbons (Fsp3) is 0.250. The van der Waals surface area contributed by atoms with Crippen molar-refractivity contribution in [1.29, 1.82) is 0 Å². The highest BCUT2D eigenvalue weighted by Crippen LogP contribution is 2.29. The normalized spacial score (nSPS) is 13.9. The molecule has 1 aliphatic rings. The zero-order valence-electron chi connectivity index (χ0n) is 14.7. The van der Waals surface area contributed by atoms with Crippen molar-refractivity contribution in [3.8, 4) is 0 Å². The molecule has 1 saturated heterocycles. The Morgan fingerprint density at radius 3 is 2.56 bits per heavy atom. The molecule has 3 aromatic rings. The molecule has 0 spiro atoms. The van der Waals surface area contributed by atoms with Crippen LogP contribution in [0.1, 0.15) is 23.2 Å². The summed E-state index contributed by atoms with van der Waals surface area (Å²) in [6, 6.07) is 15.1. The van der Waals surface area contributed by atoms with Crippen LogP contribution in [0, 0.1) is 0 Å². The molecule has 0 saturated carbocycles. The van der Waals surface area contributed by atoms with E-state index in [9.17, 15) is 9.59 Å². The lowest BCUT2D eigenvalue weighted by Gasteiger charge is -2.15. The van der Waals surface area contributed by atoms with Gasteiger partial charge in [0, 0.05) is 24.3 Å². The first-order valence-electron chi connectivity index (χ1n) is 8.86. The van der Waals surface area contributed by atoms with Crippen molar-refractivity contribution in [2.45, 2.75) is 17.2 Å². The molecule has 2 amide bonds. The molecule has 7 heteroatoms. The summed E-state index contributed by atoms with van der Waals surface area (Å²) in [7, 11) is 0. The van der Waals surface area contributed by atoms with Gasteiger partial charge in [0.2, 0.25) is 5.91 Å². The molecule has 2 aromatic carbocycles. The summed E-state index contributed by atoms with van der Waals surface area (Å²) in [4.78, 5) is 30.9. The zero-order chi connectivity index (χ0) is 18.6. The van der Waals surface area contributed by atoms with Gasteiger partial charge in [-0.05, 0) is 49.2 Å². The SMILES string of the molecule is O=C(CSc1nc2ccccc2s1)Nc1ccc(C(=O)N2CCCC2)cc1. The number of aromatic nitrogens is 1. The van der Waals surface area contributed by atoms with Gasteiger partial charge in [0.15, 0.2) is 4.34 Å². The van der Waals surface area contributed by atoms with Gasteiger partial charge in [0.1, 0.15) is 0 Å². The molecule has 1 N–H and O–H groups in total. The number of carbonyl (C=O) groups excluding carboxylic acids is 2. The number of rotatable bonds is 5. The number of benzene rings is 2. The van der Waals surface area contributed by atoms with Crippen molar-refractivity contribution in [2.75, 3.05) is 24.2 Å². The topological polar surface area (TPSA) is 62.3 Å². The number of fused-ring (bicyclic) bond motifs is 1. The summed E-state index contributed by atoms with van der Waals surface area (Å²) in [5, 5.41) is 2.87. The lowest BCUT2D eigenvalue weighted by molar-refractivity contribution is -0.113. The molecule has 0 bridgehead atoms. The Bertz CT molecular complexity index is 930. The quantitative estimate of drug-likeness (QED) is 0.654. The second-order valence-electron chi connectivity index (χ2n) is 6.36. The van der Waals surface area contributed by atoms with Gasteiger partial charge < -0.3 is 10.2 Å². The molecule has 138 valence electrons. The molecular formula is C20H19N3O2S2. The summed E-state index contributed by atoms with van der Waals surface area (Å²) in [6.45, 7) is 1.67. The summed E-state index contributed by atoms with van der Waals surface area (Å²) in [5.41, 5.74) is 2.32. The average molecular weight is 398 g/mol. The number of thiazole rings is 1. The second-order valence-corrected chi connectivity index (χ2v) is 8.61. The van der Waals surface area contributed by atoms with Crippen molar-refractivity contribution >= 4 is 50.8 Å². The first-order valence-corrected chi connectivity index (χ1v) is 10.7. The Labute approximate surface area is 165 Å². The maximum Gasteiger partial charge on any atom is 0.253 e. The van der Waals surface area contributed by atoms with Gasteiger partial charge in [0.05, 0.1) is 16.0 Å². The Hall–Kier alpha value is -2.38. The molecule has 2 heterocycles. The maximum absolute atomic E-state index is 12.3. The molecule has 1 aromatic heterocycles. The number of hydrogen-bond acceptors (Lipinski definition) is 5.